The van der Waals surface area contributed by atoms with Crippen molar-refractivity contribution in [2.24, 2.45) is 16.8 Å². The molecule has 0 bridgehead atoms. The number of carbonyl (C=O) groups excluding carboxylic acids is 3. The van der Waals surface area contributed by atoms with Gasteiger partial charge in [-0.2, -0.15) is 0 Å². The highest BCUT2D eigenvalue weighted by atomic mass is 16.7. The zero-order valence-electron chi connectivity index (χ0n) is 32.0. The zero-order chi connectivity index (χ0) is 37.9. The number of hydrogen-bond donors (Lipinski definition) is 6. The molecule has 288 valence electrons. The first-order valence-corrected chi connectivity index (χ1v) is 19.6. The molecule has 0 aromatic heterocycles. The van der Waals surface area contributed by atoms with E-state index in [1.165, 1.54) is 5.57 Å². The Morgan fingerprint density at radius 1 is 1.17 bits per heavy atom. The van der Waals surface area contributed by atoms with Crippen molar-refractivity contribution in [1.29, 1.82) is 0 Å². The predicted molar refractivity (Wildman–Crippen MR) is 209 cm³/mol. The number of benzene rings is 1. The molecule has 3 aliphatic carbocycles. The smallest absolute Gasteiger partial charge is 0.350 e. The molecule has 54 heavy (non-hydrogen) atoms. The third kappa shape index (κ3) is 6.84. The topological polar surface area (TPSA) is 158 Å². The Balaban J connectivity index is 1.16. The van der Waals surface area contributed by atoms with Crippen molar-refractivity contribution in [2.75, 3.05) is 47.0 Å². The molecule has 0 amide bonds. The molecule has 2 saturated heterocycles. The molecule has 0 radical (unpaired) electrons. The molecular weight excluding hydrogens is 683 g/mol. The van der Waals surface area contributed by atoms with Crippen LogP contribution in [0.2, 0.25) is 0 Å². The van der Waals surface area contributed by atoms with Gasteiger partial charge in [-0.15, -0.1) is 0 Å². The van der Waals surface area contributed by atoms with E-state index >= 15 is 0 Å². The molecule has 0 saturated carbocycles. The maximum absolute atomic E-state index is 14.4. The molecule has 3 aliphatic heterocycles. The molecule has 6 atom stereocenters. The highest BCUT2D eigenvalue weighted by Gasteiger charge is 2.85. The highest BCUT2D eigenvalue weighted by Crippen LogP contribution is 2.58. The zero-order valence-corrected chi connectivity index (χ0v) is 32.0. The van der Waals surface area contributed by atoms with Crippen LogP contribution in [0.4, 0.5) is 0 Å². The van der Waals surface area contributed by atoms with Crippen LogP contribution in [-0.2, 0) is 14.3 Å². The molecule has 12 nitrogen and oxygen atoms in total. The van der Waals surface area contributed by atoms with Gasteiger partial charge in [-0.1, -0.05) is 67.1 Å². The average Bonchev–Trinajstić information content (AvgIpc) is 3.95. The van der Waals surface area contributed by atoms with Gasteiger partial charge in [-0.05, 0) is 82.2 Å². The van der Waals surface area contributed by atoms with Gasteiger partial charge in [0.25, 0.3) is 5.60 Å². The molecule has 2 fully saturated rings. The van der Waals surface area contributed by atoms with Crippen LogP contribution in [0.3, 0.4) is 0 Å². The maximum atomic E-state index is 14.4. The van der Waals surface area contributed by atoms with E-state index in [4.69, 9.17) is 9.47 Å². The molecule has 6 N–H and O–H groups in total. The van der Waals surface area contributed by atoms with E-state index < -0.39 is 28.5 Å². The summed E-state index contributed by atoms with van der Waals surface area (Å²) in [6, 6.07) is 6.73. The van der Waals surface area contributed by atoms with Gasteiger partial charge in [0.2, 0.25) is 5.78 Å². The lowest BCUT2D eigenvalue weighted by Crippen LogP contribution is -2.53. The Hall–Kier alpha value is -4.52. The summed E-state index contributed by atoms with van der Waals surface area (Å²) in [5.41, 5.74) is -0.279. The van der Waals surface area contributed by atoms with Crippen LogP contribution in [0.25, 0.3) is 0 Å². The number of dihydropyridines is 1. The number of nitrogens with one attached hydrogen (secondary N) is 6. The van der Waals surface area contributed by atoms with Crippen LogP contribution < -0.4 is 31.9 Å². The van der Waals surface area contributed by atoms with Gasteiger partial charge in [0, 0.05) is 49.6 Å². The van der Waals surface area contributed by atoms with Gasteiger partial charge < -0.3 is 41.4 Å². The number of fused-ring (bicyclic) bond motifs is 3. The lowest BCUT2D eigenvalue weighted by molar-refractivity contribution is -0.150. The van der Waals surface area contributed by atoms with Crippen LogP contribution in [0, 0.1) is 11.8 Å². The van der Waals surface area contributed by atoms with Crippen LogP contribution in [0.15, 0.2) is 88.3 Å². The number of hydrogen-bond acceptors (Lipinski definition) is 10. The molecule has 12 heteroatoms. The second-order valence-electron chi connectivity index (χ2n) is 15.4. The van der Waals surface area contributed by atoms with Crippen LogP contribution in [0.1, 0.15) is 79.5 Å². The number of ketones is 2. The summed E-state index contributed by atoms with van der Waals surface area (Å²) >= 11 is 0. The van der Waals surface area contributed by atoms with Crippen LogP contribution >= 0.6 is 0 Å². The largest absolute Gasteiger partial charge is 0.463 e. The number of Topliss-reactive ketones (excluding diaryl/α,β-unsaturated/α-hetero) is 2. The summed E-state index contributed by atoms with van der Waals surface area (Å²) in [4.78, 5) is 47.5. The Labute approximate surface area is 318 Å². The van der Waals surface area contributed by atoms with Gasteiger partial charge in [0.1, 0.15) is 5.82 Å². The molecule has 1 aromatic rings. The van der Waals surface area contributed by atoms with Crippen molar-refractivity contribution in [3.05, 3.63) is 94.4 Å². The molecular formula is C42H55N7O5. The number of likely N-dealkylation sites (N-methyl/N-ethyl adjacent to an activating group) is 1. The Kier molecular flexibility index (Phi) is 11.0. The summed E-state index contributed by atoms with van der Waals surface area (Å²) in [5, 5.41) is 20.6. The molecule has 1 aromatic carbocycles. The average molecular weight is 738 g/mol. The quantitative estimate of drug-likeness (QED) is 0.0579. The number of rotatable bonds is 13. The number of allylic oxidation sites excluding steroid dienone is 3. The number of epoxide rings is 1. The number of esters is 1. The molecule has 6 aliphatic rings. The second-order valence-corrected chi connectivity index (χ2v) is 15.4. The highest BCUT2D eigenvalue weighted by molar-refractivity contribution is 6.32. The van der Waals surface area contributed by atoms with Crippen molar-refractivity contribution < 1.29 is 23.9 Å². The van der Waals surface area contributed by atoms with Gasteiger partial charge >= 0.3 is 5.97 Å². The minimum atomic E-state index is -2.02. The maximum Gasteiger partial charge on any atom is 0.350 e. The lowest BCUT2D eigenvalue weighted by atomic mass is 9.72. The normalized spacial score (nSPS) is 32.3. The first-order valence-electron chi connectivity index (χ1n) is 19.6. The SMILES string of the molecule is CCNC1C=C2C=CCCC2CC1COC(=O)C12OC1(CC=C(C)CC1(C3=CCNC(NCNC)=C3)CCCNC(=NC)N1)C(=O)c1ccccc1C2=O. The number of nitrogens with zero attached hydrogens (tertiary/aromatic N) is 1. The third-order valence-corrected chi connectivity index (χ3v) is 11.9. The Morgan fingerprint density at radius 3 is 2.76 bits per heavy atom. The third-order valence-electron chi connectivity index (χ3n) is 11.9. The summed E-state index contributed by atoms with van der Waals surface area (Å²) in [6.07, 6.45) is 18.4. The lowest BCUT2D eigenvalue weighted by Gasteiger charge is -2.38. The van der Waals surface area contributed by atoms with E-state index in [0.717, 1.165) is 68.1 Å². The van der Waals surface area contributed by atoms with Gasteiger partial charge in [0.05, 0.1) is 18.8 Å². The first-order chi connectivity index (χ1) is 26.2. The fraction of sp³-hybridized carbons (Fsp3) is 0.524. The van der Waals surface area contributed by atoms with E-state index in [1.807, 2.05) is 20.0 Å². The summed E-state index contributed by atoms with van der Waals surface area (Å²) in [5.74, 6) is 0.433. The minimum Gasteiger partial charge on any atom is -0.463 e. The van der Waals surface area contributed by atoms with E-state index in [-0.39, 0.29) is 41.9 Å². The fourth-order valence-corrected chi connectivity index (χ4v) is 9.12. The summed E-state index contributed by atoms with van der Waals surface area (Å²) in [7, 11) is 3.66. The van der Waals surface area contributed by atoms with E-state index in [2.05, 4.69) is 74.2 Å². The van der Waals surface area contributed by atoms with Crippen molar-refractivity contribution in [1.82, 2.24) is 31.9 Å². The van der Waals surface area contributed by atoms with Crippen LogP contribution in [0.5, 0.6) is 0 Å². The van der Waals surface area contributed by atoms with Crippen molar-refractivity contribution in [3.8, 4) is 0 Å². The van der Waals surface area contributed by atoms with E-state index in [0.29, 0.717) is 25.6 Å². The summed E-state index contributed by atoms with van der Waals surface area (Å²) in [6.45, 7) is 7.07. The Morgan fingerprint density at radius 2 is 1.98 bits per heavy atom. The molecule has 3 heterocycles. The van der Waals surface area contributed by atoms with Crippen molar-refractivity contribution in [2.45, 2.75) is 81.6 Å². The predicted octanol–water partition coefficient (Wildman–Crippen LogP) is 3.57. The fourth-order valence-electron chi connectivity index (χ4n) is 9.12. The molecule has 7 rings (SSSR count). The van der Waals surface area contributed by atoms with Crippen LogP contribution in [-0.4, -0.2) is 93.3 Å². The van der Waals surface area contributed by atoms with Crippen molar-refractivity contribution in [3.63, 3.8) is 0 Å². The van der Waals surface area contributed by atoms with E-state index in [9.17, 15) is 14.4 Å². The second kappa shape index (κ2) is 15.7. The van der Waals surface area contributed by atoms with Gasteiger partial charge in [-0.25, -0.2) is 4.79 Å². The number of guanidine groups is 1. The van der Waals surface area contributed by atoms with Gasteiger partial charge in [0.15, 0.2) is 17.3 Å². The minimum absolute atomic E-state index is 0.0316. The molecule has 0 spiro atoms. The molecule has 6 unspecified atom stereocenters. The van der Waals surface area contributed by atoms with Gasteiger partial charge in [-0.3, -0.25) is 14.6 Å². The number of carbonyl (C=O) groups is 3. The van der Waals surface area contributed by atoms with Crippen molar-refractivity contribution >= 4 is 23.5 Å². The number of ether oxygens (including phenoxy) is 2. The first kappa shape index (κ1) is 37.8. The number of aliphatic imine (C=N–C) groups is 1. The Bertz CT molecular complexity index is 1850. The monoisotopic (exact) mass is 737 g/mol. The standard InChI is InChI=1S/C42H55N7O5/c1-5-45-34-22-29-12-7-6-11-28(29)21-30(34)25-53-38(52)42-37(51)33-14-9-8-13-32(33)36(50)41(42,54-42)18-15-27(2)24-40(17-10-19-47-39(44-4)49-40)31-16-20-46-35(23-31)48-26-43-3/h7-9,12-16,22-23,28,30,34,43,45-46,48H,5-6,10-11,17-21,24-26H2,1-4H3,(H2,44,47,49). The van der Waals surface area contributed by atoms with E-state index in [1.54, 1.807) is 31.3 Å². The summed E-state index contributed by atoms with van der Waals surface area (Å²) < 4.78 is 12.3.